The Kier molecular flexibility index (Phi) is 3.96. The van der Waals surface area contributed by atoms with E-state index in [1.807, 2.05) is 6.07 Å². The second-order valence-electron chi connectivity index (χ2n) is 5.68. The fraction of sp³-hybridized carbons (Fsp3) is 0.158. The number of carbonyl (C=O) groups is 1. The second kappa shape index (κ2) is 6.44. The van der Waals surface area contributed by atoms with Gasteiger partial charge in [-0.05, 0) is 23.8 Å². The molecule has 0 saturated heterocycles. The molecule has 0 unspecified atom stereocenters. The molecule has 0 aliphatic carbocycles. The van der Waals surface area contributed by atoms with Gasteiger partial charge in [0.1, 0.15) is 5.58 Å². The molecule has 1 N–H and O–H groups in total. The van der Waals surface area contributed by atoms with Crippen molar-refractivity contribution in [3.63, 3.8) is 0 Å². The fourth-order valence-electron chi connectivity index (χ4n) is 2.88. The van der Waals surface area contributed by atoms with Gasteiger partial charge < -0.3 is 23.9 Å². The van der Waals surface area contributed by atoms with Crippen molar-refractivity contribution in [3.05, 3.63) is 64.0 Å². The molecule has 1 aliphatic rings. The predicted molar refractivity (Wildman–Crippen MR) is 93.7 cm³/mol. The molecule has 0 spiro atoms. The number of ether oxygens (including phenoxy) is 3. The van der Waals surface area contributed by atoms with Crippen molar-refractivity contribution >= 4 is 22.6 Å². The summed E-state index contributed by atoms with van der Waals surface area (Å²) in [4.78, 5) is 23.8. The molecule has 132 valence electrons. The highest BCUT2D eigenvalue weighted by atomic mass is 16.7. The third kappa shape index (κ3) is 2.83. The number of hydrogen-bond acceptors (Lipinski definition) is 7. The molecule has 0 fully saturated rings. The van der Waals surface area contributed by atoms with Crippen LogP contribution < -0.4 is 20.4 Å². The van der Waals surface area contributed by atoms with E-state index in [9.17, 15) is 9.59 Å². The smallest absolute Gasteiger partial charge is 0.339 e. The van der Waals surface area contributed by atoms with Crippen molar-refractivity contribution < 1.29 is 23.4 Å². The van der Waals surface area contributed by atoms with E-state index in [0.717, 1.165) is 5.39 Å². The average Bonchev–Trinajstić information content (AvgIpc) is 3.11. The lowest BCUT2D eigenvalue weighted by Gasteiger charge is -2.12. The van der Waals surface area contributed by atoms with Crippen molar-refractivity contribution in [1.82, 2.24) is 0 Å². The van der Waals surface area contributed by atoms with Crippen molar-refractivity contribution in [2.45, 2.75) is 6.54 Å². The van der Waals surface area contributed by atoms with Crippen LogP contribution in [0.3, 0.4) is 0 Å². The first kappa shape index (κ1) is 16.0. The minimum Gasteiger partial charge on any atom is -0.465 e. The molecule has 0 radical (unpaired) electrons. The molecule has 0 saturated carbocycles. The lowest BCUT2D eigenvalue weighted by Crippen LogP contribution is -2.10. The summed E-state index contributed by atoms with van der Waals surface area (Å²) >= 11 is 0. The normalized spacial score (nSPS) is 12.2. The van der Waals surface area contributed by atoms with Crippen LogP contribution in [0.15, 0.2) is 51.7 Å². The number of esters is 1. The maximum atomic E-state index is 11.9. The molecule has 0 amide bonds. The van der Waals surface area contributed by atoms with E-state index in [2.05, 4.69) is 5.32 Å². The van der Waals surface area contributed by atoms with Gasteiger partial charge in [0.05, 0.1) is 12.7 Å². The molecular formula is C19H15NO6. The average molecular weight is 353 g/mol. The fourth-order valence-corrected chi connectivity index (χ4v) is 2.88. The van der Waals surface area contributed by atoms with Crippen LogP contribution in [0.25, 0.3) is 11.0 Å². The highest BCUT2D eigenvalue weighted by Crippen LogP contribution is 2.36. The van der Waals surface area contributed by atoms with Gasteiger partial charge in [-0.3, -0.25) is 0 Å². The molecule has 7 heteroatoms. The molecule has 2 aromatic carbocycles. The molecule has 3 aromatic rings. The highest BCUT2D eigenvalue weighted by Gasteiger charge is 2.18. The number of para-hydroxylation sites is 1. The largest absolute Gasteiger partial charge is 0.465 e. The molecular weight excluding hydrogens is 338 g/mol. The number of methoxy groups -OCH3 is 1. The Morgan fingerprint density at radius 3 is 2.73 bits per heavy atom. The quantitative estimate of drug-likeness (QED) is 0.570. The summed E-state index contributed by atoms with van der Waals surface area (Å²) < 4.78 is 20.8. The maximum absolute atomic E-state index is 11.9. The van der Waals surface area contributed by atoms with Crippen LogP contribution >= 0.6 is 0 Å². The summed E-state index contributed by atoms with van der Waals surface area (Å²) in [6.45, 7) is 0.450. The topological polar surface area (TPSA) is 87.0 Å². The Morgan fingerprint density at radius 1 is 1.15 bits per heavy atom. The number of benzene rings is 2. The third-order valence-electron chi connectivity index (χ3n) is 4.13. The zero-order valence-electron chi connectivity index (χ0n) is 13.9. The Morgan fingerprint density at radius 2 is 1.92 bits per heavy atom. The maximum Gasteiger partial charge on any atom is 0.339 e. The molecule has 2 heterocycles. The molecule has 26 heavy (non-hydrogen) atoms. The lowest BCUT2D eigenvalue weighted by molar-refractivity contribution is 0.0602. The van der Waals surface area contributed by atoms with E-state index in [-0.39, 0.29) is 6.79 Å². The summed E-state index contributed by atoms with van der Waals surface area (Å²) in [6, 6.07) is 11.8. The first-order valence-corrected chi connectivity index (χ1v) is 7.93. The van der Waals surface area contributed by atoms with Crippen molar-refractivity contribution in [1.29, 1.82) is 0 Å². The van der Waals surface area contributed by atoms with E-state index < -0.39 is 11.6 Å². The van der Waals surface area contributed by atoms with Gasteiger partial charge in [-0.15, -0.1) is 0 Å². The van der Waals surface area contributed by atoms with E-state index in [4.69, 9.17) is 18.6 Å². The molecule has 1 aliphatic heterocycles. The zero-order valence-corrected chi connectivity index (χ0v) is 13.9. The van der Waals surface area contributed by atoms with Crippen LogP contribution in [0, 0.1) is 0 Å². The standard InChI is InChI=1S/C19H15NO6/c1-23-19(22)12-4-2-3-5-14(12)20-9-11-6-18(21)26-15-8-17-16(7-13(11)15)24-10-25-17/h2-8,20H,9-10H2,1H3. The van der Waals surface area contributed by atoms with Crippen LogP contribution in [0.4, 0.5) is 5.69 Å². The Bertz CT molecular complexity index is 1060. The Labute approximate surface area is 148 Å². The van der Waals surface area contributed by atoms with E-state index in [1.165, 1.54) is 13.2 Å². The minimum atomic E-state index is -0.464. The number of anilines is 1. The van der Waals surface area contributed by atoms with Crippen LogP contribution in [-0.2, 0) is 11.3 Å². The predicted octanol–water partition coefficient (Wildman–Crippen LogP) is 2.92. The van der Waals surface area contributed by atoms with Gasteiger partial charge in [0.2, 0.25) is 6.79 Å². The zero-order chi connectivity index (χ0) is 18.1. The van der Waals surface area contributed by atoms with Gasteiger partial charge in [-0.2, -0.15) is 0 Å². The van der Waals surface area contributed by atoms with Crippen molar-refractivity contribution in [3.8, 4) is 11.5 Å². The number of hydrogen-bond donors (Lipinski definition) is 1. The van der Waals surface area contributed by atoms with Crippen LogP contribution in [0.1, 0.15) is 15.9 Å². The summed E-state index contributed by atoms with van der Waals surface area (Å²) in [7, 11) is 1.33. The van der Waals surface area contributed by atoms with Crippen LogP contribution in [0.5, 0.6) is 11.5 Å². The van der Waals surface area contributed by atoms with Gasteiger partial charge in [0, 0.05) is 29.8 Å². The summed E-state index contributed by atoms with van der Waals surface area (Å²) in [5.74, 6) is 0.707. The van der Waals surface area contributed by atoms with Crippen molar-refractivity contribution in [2.75, 3.05) is 19.2 Å². The minimum absolute atomic E-state index is 0.135. The van der Waals surface area contributed by atoms with Gasteiger partial charge in [-0.25, -0.2) is 9.59 Å². The van der Waals surface area contributed by atoms with Gasteiger partial charge in [0.25, 0.3) is 0 Å². The Hall–Kier alpha value is -3.48. The molecule has 4 rings (SSSR count). The van der Waals surface area contributed by atoms with Gasteiger partial charge >= 0.3 is 11.6 Å². The Balaban J connectivity index is 1.70. The van der Waals surface area contributed by atoms with E-state index >= 15 is 0 Å². The van der Waals surface area contributed by atoms with Crippen molar-refractivity contribution in [2.24, 2.45) is 0 Å². The van der Waals surface area contributed by atoms with Crippen LogP contribution in [-0.4, -0.2) is 19.9 Å². The lowest BCUT2D eigenvalue weighted by atomic mass is 10.1. The molecule has 0 bridgehead atoms. The SMILES string of the molecule is COC(=O)c1ccccc1NCc1cc(=O)oc2cc3c(cc12)OCO3. The van der Waals surface area contributed by atoms with E-state index in [0.29, 0.717) is 40.4 Å². The van der Waals surface area contributed by atoms with Gasteiger partial charge in [-0.1, -0.05) is 12.1 Å². The van der Waals surface area contributed by atoms with Crippen LogP contribution in [0.2, 0.25) is 0 Å². The summed E-state index contributed by atoms with van der Waals surface area (Å²) in [5, 5.41) is 3.91. The number of rotatable bonds is 4. The third-order valence-corrected chi connectivity index (χ3v) is 4.13. The summed E-state index contributed by atoms with van der Waals surface area (Å²) in [6.07, 6.45) is 0. The summed E-state index contributed by atoms with van der Waals surface area (Å²) in [5.41, 5.74) is 1.70. The molecule has 7 nitrogen and oxygen atoms in total. The van der Waals surface area contributed by atoms with E-state index in [1.54, 1.807) is 30.3 Å². The monoisotopic (exact) mass is 353 g/mol. The number of carbonyl (C=O) groups excluding carboxylic acids is 1. The highest BCUT2D eigenvalue weighted by molar-refractivity contribution is 5.95. The number of nitrogens with one attached hydrogen (secondary N) is 1. The molecule has 1 aromatic heterocycles. The first-order valence-electron chi connectivity index (χ1n) is 7.93. The first-order chi connectivity index (χ1) is 12.7. The molecule has 0 atom stereocenters. The van der Waals surface area contributed by atoms with Gasteiger partial charge in [0.15, 0.2) is 11.5 Å². The second-order valence-corrected chi connectivity index (χ2v) is 5.68. The number of fused-ring (bicyclic) bond motifs is 2.